The van der Waals surface area contributed by atoms with Gasteiger partial charge in [-0.25, -0.2) is 0 Å². The van der Waals surface area contributed by atoms with Crippen LogP contribution in [0.2, 0.25) is 5.02 Å². The summed E-state index contributed by atoms with van der Waals surface area (Å²) >= 11 is 6.01. The number of rotatable bonds is 9. The maximum absolute atomic E-state index is 6.01. The largest absolute Gasteiger partial charge is 0.379 e. The monoisotopic (exact) mass is 379 g/mol. The van der Waals surface area contributed by atoms with E-state index < -0.39 is 0 Å². The van der Waals surface area contributed by atoms with E-state index in [-0.39, 0.29) is 11.5 Å². The fourth-order valence-corrected chi connectivity index (χ4v) is 3.36. The van der Waals surface area contributed by atoms with Crippen molar-refractivity contribution in [3.8, 4) is 0 Å². The van der Waals surface area contributed by atoms with Gasteiger partial charge in [0.1, 0.15) is 0 Å². The molecule has 0 spiro atoms. The van der Waals surface area contributed by atoms with Crippen molar-refractivity contribution in [2.45, 2.75) is 44.1 Å². The highest BCUT2D eigenvalue weighted by Crippen LogP contribution is 2.48. The zero-order valence-corrected chi connectivity index (χ0v) is 16.4. The Kier molecular flexibility index (Phi) is 7.17. The fraction of sp³-hybridized carbons (Fsp3) is 0.650. The van der Waals surface area contributed by atoms with Gasteiger partial charge in [0.2, 0.25) is 0 Å². The summed E-state index contributed by atoms with van der Waals surface area (Å²) in [5, 5.41) is 7.53. The molecule has 26 heavy (non-hydrogen) atoms. The van der Waals surface area contributed by atoms with Crippen molar-refractivity contribution in [1.82, 2.24) is 10.6 Å². The molecule has 1 heterocycles. The van der Waals surface area contributed by atoms with Crippen LogP contribution < -0.4 is 10.6 Å². The van der Waals surface area contributed by atoms with Gasteiger partial charge in [0.05, 0.1) is 19.3 Å². The van der Waals surface area contributed by atoms with Crippen LogP contribution in [0.15, 0.2) is 29.3 Å². The van der Waals surface area contributed by atoms with Gasteiger partial charge in [-0.3, -0.25) is 4.99 Å². The van der Waals surface area contributed by atoms with Gasteiger partial charge in [0.25, 0.3) is 0 Å². The Hall–Kier alpha value is -1.30. The van der Waals surface area contributed by atoms with Crippen LogP contribution in [0.1, 0.15) is 38.2 Å². The second kappa shape index (κ2) is 9.58. The van der Waals surface area contributed by atoms with Crippen molar-refractivity contribution >= 4 is 17.6 Å². The molecule has 1 saturated heterocycles. The Morgan fingerprint density at radius 3 is 2.77 bits per heavy atom. The Balaban J connectivity index is 1.43. The van der Waals surface area contributed by atoms with Crippen LogP contribution in [0.25, 0.3) is 0 Å². The van der Waals surface area contributed by atoms with Crippen LogP contribution >= 0.6 is 11.6 Å². The molecule has 0 aromatic heterocycles. The summed E-state index contributed by atoms with van der Waals surface area (Å²) in [6, 6.07) is 8.21. The summed E-state index contributed by atoms with van der Waals surface area (Å²) in [5.41, 5.74) is 1.53. The highest BCUT2D eigenvalue weighted by atomic mass is 35.5. The van der Waals surface area contributed by atoms with E-state index in [9.17, 15) is 0 Å². The van der Waals surface area contributed by atoms with E-state index in [0.717, 1.165) is 63.3 Å². The predicted octanol–water partition coefficient (Wildman–Crippen LogP) is 3.12. The standard InChI is InChI=1S/C20H30ClN3O2/c1-2-22-19(23-11-3-12-26-18-8-13-25-14-18)24-15-20(9-10-20)16-4-6-17(21)7-5-16/h4-7,18H,2-3,8-15H2,1H3,(H2,22,23,24). The van der Waals surface area contributed by atoms with Crippen LogP contribution in [-0.4, -0.2) is 51.5 Å². The summed E-state index contributed by atoms with van der Waals surface area (Å²) in [5.74, 6) is 0.886. The average Bonchev–Trinajstić information content (AvgIpc) is 3.26. The number of guanidine groups is 1. The van der Waals surface area contributed by atoms with E-state index in [1.807, 2.05) is 12.1 Å². The Morgan fingerprint density at radius 2 is 2.12 bits per heavy atom. The molecule has 3 rings (SSSR count). The molecule has 144 valence electrons. The third-order valence-corrected chi connectivity index (χ3v) is 5.30. The van der Waals surface area contributed by atoms with Gasteiger partial charge in [0, 0.05) is 36.7 Å². The molecule has 0 bridgehead atoms. The number of nitrogens with one attached hydrogen (secondary N) is 2. The molecule has 5 nitrogen and oxygen atoms in total. The third-order valence-electron chi connectivity index (χ3n) is 5.05. The van der Waals surface area contributed by atoms with E-state index in [1.165, 1.54) is 18.4 Å². The summed E-state index contributed by atoms with van der Waals surface area (Å²) in [6.45, 7) is 6.93. The lowest BCUT2D eigenvalue weighted by Gasteiger charge is -2.16. The average molecular weight is 380 g/mol. The van der Waals surface area contributed by atoms with Gasteiger partial charge < -0.3 is 20.1 Å². The molecule has 1 unspecified atom stereocenters. The molecule has 1 saturated carbocycles. The molecule has 0 radical (unpaired) electrons. The Morgan fingerprint density at radius 1 is 1.31 bits per heavy atom. The van der Waals surface area contributed by atoms with Crippen molar-refractivity contribution in [2.75, 3.05) is 39.5 Å². The maximum Gasteiger partial charge on any atom is 0.191 e. The zero-order chi connectivity index (χ0) is 18.2. The van der Waals surface area contributed by atoms with E-state index >= 15 is 0 Å². The summed E-state index contributed by atoms with van der Waals surface area (Å²) in [4.78, 5) is 4.82. The number of hydrogen-bond donors (Lipinski definition) is 2. The van der Waals surface area contributed by atoms with Gasteiger partial charge in [0.15, 0.2) is 5.96 Å². The second-order valence-electron chi connectivity index (χ2n) is 7.12. The minimum absolute atomic E-state index is 0.193. The molecule has 1 aliphatic carbocycles. The first-order valence-electron chi connectivity index (χ1n) is 9.69. The van der Waals surface area contributed by atoms with Gasteiger partial charge in [-0.1, -0.05) is 23.7 Å². The normalized spacial score (nSPS) is 21.6. The van der Waals surface area contributed by atoms with Crippen molar-refractivity contribution < 1.29 is 9.47 Å². The van der Waals surface area contributed by atoms with E-state index in [4.69, 9.17) is 26.1 Å². The fourth-order valence-electron chi connectivity index (χ4n) is 3.24. The van der Waals surface area contributed by atoms with Crippen molar-refractivity contribution in [3.63, 3.8) is 0 Å². The number of halogens is 1. The molecular weight excluding hydrogens is 350 g/mol. The van der Waals surface area contributed by atoms with E-state index in [1.54, 1.807) is 0 Å². The Bertz CT molecular complexity index is 581. The lowest BCUT2D eigenvalue weighted by atomic mass is 9.96. The van der Waals surface area contributed by atoms with Crippen LogP contribution in [0.3, 0.4) is 0 Å². The number of nitrogens with zero attached hydrogens (tertiary/aromatic N) is 1. The van der Waals surface area contributed by atoms with Gasteiger partial charge in [-0.15, -0.1) is 0 Å². The van der Waals surface area contributed by atoms with Crippen LogP contribution in [0, 0.1) is 0 Å². The molecule has 1 aromatic carbocycles. The topological polar surface area (TPSA) is 54.9 Å². The van der Waals surface area contributed by atoms with E-state index in [0.29, 0.717) is 0 Å². The first kappa shape index (κ1) is 19.5. The minimum atomic E-state index is 0.193. The van der Waals surface area contributed by atoms with Crippen molar-refractivity contribution in [2.24, 2.45) is 4.99 Å². The van der Waals surface area contributed by atoms with Crippen molar-refractivity contribution in [1.29, 1.82) is 0 Å². The summed E-state index contributed by atoms with van der Waals surface area (Å²) in [6.07, 6.45) is 4.64. The molecular formula is C20H30ClN3O2. The van der Waals surface area contributed by atoms with Gasteiger partial charge in [-0.05, 0) is 50.3 Å². The molecule has 1 aliphatic heterocycles. The maximum atomic E-state index is 6.01. The second-order valence-corrected chi connectivity index (χ2v) is 7.56. The molecule has 2 N–H and O–H groups in total. The zero-order valence-electron chi connectivity index (χ0n) is 15.6. The molecule has 2 fully saturated rings. The summed E-state index contributed by atoms with van der Waals surface area (Å²) in [7, 11) is 0. The molecule has 2 aliphatic rings. The first-order valence-corrected chi connectivity index (χ1v) is 10.1. The molecule has 1 aromatic rings. The number of hydrogen-bond acceptors (Lipinski definition) is 3. The molecule has 0 amide bonds. The highest BCUT2D eigenvalue weighted by molar-refractivity contribution is 6.30. The quantitative estimate of drug-likeness (QED) is 0.393. The van der Waals surface area contributed by atoms with Crippen molar-refractivity contribution in [3.05, 3.63) is 34.9 Å². The predicted molar refractivity (Wildman–Crippen MR) is 106 cm³/mol. The minimum Gasteiger partial charge on any atom is -0.379 e. The lowest BCUT2D eigenvalue weighted by Crippen LogP contribution is -2.38. The number of aliphatic imine (C=N–C) groups is 1. The van der Waals surface area contributed by atoms with E-state index in [2.05, 4.69) is 29.7 Å². The Labute approximate surface area is 161 Å². The van der Waals surface area contributed by atoms with Crippen LogP contribution in [0.4, 0.5) is 0 Å². The first-order chi connectivity index (χ1) is 12.7. The highest BCUT2D eigenvalue weighted by Gasteiger charge is 2.44. The van der Waals surface area contributed by atoms with Gasteiger partial charge in [-0.2, -0.15) is 0 Å². The number of benzene rings is 1. The van der Waals surface area contributed by atoms with Gasteiger partial charge >= 0.3 is 0 Å². The smallest absolute Gasteiger partial charge is 0.191 e. The van der Waals surface area contributed by atoms with Crippen LogP contribution in [0.5, 0.6) is 0 Å². The third kappa shape index (κ3) is 5.60. The SMILES string of the molecule is CCNC(=NCC1(c2ccc(Cl)cc2)CC1)NCCCOC1CCOC1. The number of ether oxygens (including phenoxy) is 2. The molecule has 6 heteroatoms. The molecule has 1 atom stereocenters. The summed E-state index contributed by atoms with van der Waals surface area (Å²) < 4.78 is 11.1. The van der Waals surface area contributed by atoms with Crippen LogP contribution in [-0.2, 0) is 14.9 Å². The lowest BCUT2D eigenvalue weighted by molar-refractivity contribution is 0.0420.